The van der Waals surface area contributed by atoms with E-state index in [2.05, 4.69) is 0 Å². The van der Waals surface area contributed by atoms with Crippen molar-refractivity contribution >= 4 is 0 Å². The smallest absolute Gasteiger partial charge is 0.203 e. The summed E-state index contributed by atoms with van der Waals surface area (Å²) in [7, 11) is 4.57. The largest absolute Gasteiger partial charge is 0.507 e. The van der Waals surface area contributed by atoms with Crippen LogP contribution in [0, 0.1) is 0 Å². The number of hydrogen-bond donors (Lipinski definition) is 1. The molecule has 4 aromatic rings. The minimum atomic E-state index is -0.618. The molecule has 44 heavy (non-hydrogen) atoms. The molecular formula is C36H40O8. The van der Waals surface area contributed by atoms with Crippen LogP contribution in [0.1, 0.15) is 34.8 Å². The van der Waals surface area contributed by atoms with Crippen molar-refractivity contribution in [2.45, 2.75) is 50.7 Å². The molecule has 1 fully saturated rings. The standard InChI is InChI=1S/C36H40O8/c1-38-30-19-28(37)33(36(40-3)35(30)39-2)29-20-31(42-22-26-15-9-5-10-16-26)34(43-23-27-17-11-6-12-18-27)32(44-29)24-41-21-25-13-7-4-8-14-25/h4-19,29,31-32,34,37H,20-24H2,1-3H3/t29-,31-,32+,34-/m0/s1. The zero-order valence-electron chi connectivity index (χ0n) is 25.4. The van der Waals surface area contributed by atoms with Crippen molar-refractivity contribution in [3.63, 3.8) is 0 Å². The highest BCUT2D eigenvalue weighted by Gasteiger charge is 2.43. The highest BCUT2D eigenvalue weighted by molar-refractivity contribution is 5.62. The van der Waals surface area contributed by atoms with Crippen LogP contribution >= 0.6 is 0 Å². The van der Waals surface area contributed by atoms with E-state index in [0.717, 1.165) is 16.7 Å². The molecule has 0 aliphatic carbocycles. The maximum absolute atomic E-state index is 11.2. The van der Waals surface area contributed by atoms with Crippen LogP contribution in [-0.2, 0) is 38.8 Å². The van der Waals surface area contributed by atoms with Gasteiger partial charge in [0.05, 0.1) is 65.5 Å². The molecule has 4 aromatic carbocycles. The summed E-state index contributed by atoms with van der Waals surface area (Å²) >= 11 is 0. The highest BCUT2D eigenvalue weighted by Crippen LogP contribution is 2.50. The van der Waals surface area contributed by atoms with Crippen molar-refractivity contribution in [2.24, 2.45) is 0 Å². The molecule has 5 rings (SSSR count). The van der Waals surface area contributed by atoms with Crippen LogP contribution in [-0.4, -0.2) is 51.4 Å². The third-order valence-corrected chi connectivity index (χ3v) is 7.67. The van der Waals surface area contributed by atoms with Gasteiger partial charge in [-0.25, -0.2) is 0 Å². The fraction of sp³-hybridized carbons (Fsp3) is 0.333. The lowest BCUT2D eigenvalue weighted by atomic mass is 9.92. The summed E-state index contributed by atoms with van der Waals surface area (Å²) < 4.78 is 42.9. The Hall–Kier alpha value is -4.08. The van der Waals surface area contributed by atoms with E-state index in [4.69, 9.17) is 33.2 Å². The molecule has 8 heteroatoms. The SMILES string of the molecule is COc1cc(O)c([C@@H]2C[C@H](OCc3ccccc3)[C@H](OCc3ccccc3)[C@@H](COCc3ccccc3)O2)c(OC)c1OC. The molecule has 1 aliphatic rings. The number of phenolic OH excluding ortho intramolecular Hbond substituents is 1. The number of ether oxygens (including phenoxy) is 7. The molecule has 4 atom stereocenters. The van der Waals surface area contributed by atoms with E-state index in [-0.39, 0.29) is 12.4 Å². The summed E-state index contributed by atoms with van der Waals surface area (Å²) in [5, 5.41) is 11.2. The first-order chi connectivity index (χ1) is 21.6. The van der Waals surface area contributed by atoms with Crippen LogP contribution in [0.25, 0.3) is 0 Å². The van der Waals surface area contributed by atoms with E-state index >= 15 is 0 Å². The molecule has 0 unspecified atom stereocenters. The van der Waals surface area contributed by atoms with Crippen LogP contribution < -0.4 is 14.2 Å². The van der Waals surface area contributed by atoms with Crippen LogP contribution in [0.2, 0.25) is 0 Å². The fourth-order valence-corrected chi connectivity index (χ4v) is 5.51. The second-order valence-electron chi connectivity index (χ2n) is 10.6. The van der Waals surface area contributed by atoms with Crippen molar-refractivity contribution in [3.05, 3.63) is 119 Å². The summed E-state index contributed by atoms with van der Waals surface area (Å²) in [5.41, 5.74) is 3.59. The fourth-order valence-electron chi connectivity index (χ4n) is 5.51. The van der Waals surface area contributed by atoms with Gasteiger partial charge in [-0.1, -0.05) is 91.0 Å². The van der Waals surface area contributed by atoms with Crippen LogP contribution in [0.5, 0.6) is 23.0 Å². The van der Waals surface area contributed by atoms with Crippen molar-refractivity contribution in [3.8, 4) is 23.0 Å². The summed E-state index contributed by atoms with van der Waals surface area (Å²) in [6.07, 6.45) is -1.62. The monoisotopic (exact) mass is 600 g/mol. The molecule has 8 nitrogen and oxygen atoms in total. The molecule has 232 valence electrons. The molecule has 0 amide bonds. The maximum Gasteiger partial charge on any atom is 0.203 e. The van der Waals surface area contributed by atoms with Gasteiger partial charge < -0.3 is 38.3 Å². The van der Waals surface area contributed by atoms with Gasteiger partial charge in [-0.15, -0.1) is 0 Å². The molecule has 1 N–H and O–H groups in total. The summed E-state index contributed by atoms with van der Waals surface area (Å²) in [5.74, 6) is 1.03. The quantitative estimate of drug-likeness (QED) is 0.173. The molecule has 0 saturated carbocycles. The second-order valence-corrected chi connectivity index (χ2v) is 10.6. The topological polar surface area (TPSA) is 84.8 Å². The minimum absolute atomic E-state index is 0.0288. The first-order valence-electron chi connectivity index (χ1n) is 14.7. The zero-order valence-corrected chi connectivity index (χ0v) is 25.4. The Morgan fingerprint density at radius 3 is 1.77 bits per heavy atom. The lowest BCUT2D eigenvalue weighted by Gasteiger charge is -2.42. The van der Waals surface area contributed by atoms with Gasteiger partial charge in [0.25, 0.3) is 0 Å². The predicted octanol–water partition coefficient (Wildman–Crippen LogP) is 6.64. The number of methoxy groups -OCH3 is 3. The van der Waals surface area contributed by atoms with Gasteiger partial charge in [-0.3, -0.25) is 0 Å². The normalized spacial score (nSPS) is 19.8. The van der Waals surface area contributed by atoms with E-state index in [0.29, 0.717) is 49.1 Å². The summed E-state index contributed by atoms with van der Waals surface area (Å²) in [4.78, 5) is 0. The molecule has 1 heterocycles. The molecular weight excluding hydrogens is 560 g/mol. The molecule has 0 radical (unpaired) electrons. The van der Waals surface area contributed by atoms with Gasteiger partial charge in [-0.05, 0) is 16.7 Å². The first kappa shape index (κ1) is 31.3. The number of rotatable bonds is 14. The predicted molar refractivity (Wildman–Crippen MR) is 166 cm³/mol. The van der Waals surface area contributed by atoms with E-state index in [1.165, 1.54) is 27.4 Å². The van der Waals surface area contributed by atoms with Crippen LogP contribution in [0.15, 0.2) is 97.1 Å². The summed E-state index contributed by atoms with van der Waals surface area (Å²) in [6, 6.07) is 31.5. The van der Waals surface area contributed by atoms with Gasteiger partial charge in [-0.2, -0.15) is 0 Å². The first-order valence-corrected chi connectivity index (χ1v) is 14.7. The Bertz CT molecular complexity index is 1430. The van der Waals surface area contributed by atoms with E-state index in [9.17, 15) is 5.11 Å². The molecule has 1 saturated heterocycles. The van der Waals surface area contributed by atoms with Gasteiger partial charge >= 0.3 is 0 Å². The lowest BCUT2D eigenvalue weighted by Crippen LogP contribution is -2.50. The average molecular weight is 601 g/mol. The Labute approximate surface area is 259 Å². The zero-order chi connectivity index (χ0) is 30.7. The van der Waals surface area contributed by atoms with E-state index < -0.39 is 24.4 Å². The van der Waals surface area contributed by atoms with Gasteiger partial charge in [0.2, 0.25) is 5.75 Å². The average Bonchev–Trinajstić information content (AvgIpc) is 3.07. The number of benzene rings is 4. The third kappa shape index (κ3) is 7.70. The van der Waals surface area contributed by atoms with Gasteiger partial charge in [0.15, 0.2) is 11.5 Å². The van der Waals surface area contributed by atoms with Crippen LogP contribution in [0.4, 0.5) is 0 Å². The number of aromatic hydroxyl groups is 1. The van der Waals surface area contributed by atoms with Crippen molar-refractivity contribution in [1.29, 1.82) is 0 Å². The second kappa shape index (κ2) is 15.6. The van der Waals surface area contributed by atoms with Crippen molar-refractivity contribution < 1.29 is 38.3 Å². The molecule has 0 bridgehead atoms. The minimum Gasteiger partial charge on any atom is -0.507 e. The van der Waals surface area contributed by atoms with Crippen molar-refractivity contribution in [2.75, 3.05) is 27.9 Å². The Balaban J connectivity index is 1.47. The Kier molecular flexibility index (Phi) is 11.1. The molecule has 0 spiro atoms. The highest BCUT2D eigenvalue weighted by atomic mass is 16.6. The molecule has 0 aromatic heterocycles. The number of phenols is 1. The third-order valence-electron chi connectivity index (χ3n) is 7.67. The molecule has 1 aliphatic heterocycles. The van der Waals surface area contributed by atoms with Crippen LogP contribution in [0.3, 0.4) is 0 Å². The van der Waals surface area contributed by atoms with Gasteiger partial charge in [0.1, 0.15) is 18.0 Å². The summed E-state index contributed by atoms with van der Waals surface area (Å²) in [6.45, 7) is 1.42. The lowest BCUT2D eigenvalue weighted by molar-refractivity contribution is -0.222. The van der Waals surface area contributed by atoms with E-state index in [1.54, 1.807) is 0 Å². The van der Waals surface area contributed by atoms with Crippen molar-refractivity contribution in [1.82, 2.24) is 0 Å². The van der Waals surface area contributed by atoms with Gasteiger partial charge in [0, 0.05) is 12.5 Å². The van der Waals surface area contributed by atoms with E-state index in [1.807, 2.05) is 91.0 Å². The number of hydrogen-bond acceptors (Lipinski definition) is 8. The Morgan fingerprint density at radius 2 is 1.23 bits per heavy atom. The Morgan fingerprint density at radius 1 is 0.682 bits per heavy atom. The maximum atomic E-state index is 11.2.